The van der Waals surface area contributed by atoms with E-state index in [0.29, 0.717) is 45.3 Å². The molecule has 1 rings (SSSR count). The third-order valence-corrected chi connectivity index (χ3v) is 2.24. The van der Waals surface area contributed by atoms with Crippen LogP contribution < -0.4 is 5.32 Å². The van der Waals surface area contributed by atoms with Crippen LogP contribution in [0.1, 0.15) is 0 Å². The maximum atomic E-state index is 12.9. The Balaban J connectivity index is 2.01. The van der Waals surface area contributed by atoms with Crippen LogP contribution in [-0.2, 0) is 14.2 Å². The van der Waals surface area contributed by atoms with Crippen molar-refractivity contribution >= 4 is 5.69 Å². The van der Waals surface area contributed by atoms with Crippen LogP contribution in [0.4, 0.5) is 14.5 Å². The van der Waals surface area contributed by atoms with Crippen molar-refractivity contribution in [2.24, 2.45) is 0 Å². The zero-order valence-corrected chi connectivity index (χ0v) is 11.0. The van der Waals surface area contributed by atoms with Crippen LogP contribution in [0.25, 0.3) is 0 Å². The summed E-state index contributed by atoms with van der Waals surface area (Å²) in [5, 5.41) is 2.87. The molecule has 1 aromatic rings. The van der Waals surface area contributed by atoms with Gasteiger partial charge in [-0.15, -0.1) is 0 Å². The lowest BCUT2D eigenvalue weighted by molar-refractivity contribution is 0.0272. The molecule has 0 atom stereocenters. The van der Waals surface area contributed by atoms with Gasteiger partial charge in [-0.05, 0) is 12.1 Å². The smallest absolute Gasteiger partial charge is 0.128 e. The summed E-state index contributed by atoms with van der Waals surface area (Å²) in [5.41, 5.74) is 0.400. The van der Waals surface area contributed by atoms with Gasteiger partial charge in [-0.3, -0.25) is 0 Å². The number of halogens is 2. The first-order valence-electron chi connectivity index (χ1n) is 6.07. The molecule has 6 heteroatoms. The molecule has 4 nitrogen and oxygen atoms in total. The van der Waals surface area contributed by atoms with Crippen molar-refractivity contribution in [3.63, 3.8) is 0 Å². The Labute approximate surface area is 111 Å². The molecule has 0 fully saturated rings. The minimum absolute atomic E-state index is 0.400. The minimum Gasteiger partial charge on any atom is -0.383 e. The number of hydrogen-bond donors (Lipinski definition) is 1. The maximum absolute atomic E-state index is 12.9. The Morgan fingerprint density at radius 3 is 2.11 bits per heavy atom. The van der Waals surface area contributed by atoms with Crippen molar-refractivity contribution in [3.05, 3.63) is 29.8 Å². The predicted molar refractivity (Wildman–Crippen MR) is 68.4 cm³/mol. The molecule has 0 radical (unpaired) electrons. The highest BCUT2D eigenvalue weighted by atomic mass is 19.1. The molecule has 0 amide bonds. The van der Waals surface area contributed by atoms with Gasteiger partial charge in [0.1, 0.15) is 11.6 Å². The molecule has 0 saturated carbocycles. The second kappa shape index (κ2) is 9.66. The highest BCUT2D eigenvalue weighted by Gasteiger charge is 1.99. The number of benzene rings is 1. The van der Waals surface area contributed by atoms with E-state index in [9.17, 15) is 8.78 Å². The first-order valence-corrected chi connectivity index (χ1v) is 6.07. The normalized spacial score (nSPS) is 10.7. The second-order valence-corrected chi connectivity index (χ2v) is 3.80. The van der Waals surface area contributed by atoms with Crippen LogP contribution in [-0.4, -0.2) is 46.7 Å². The number of nitrogens with one attached hydrogen (secondary N) is 1. The largest absolute Gasteiger partial charge is 0.383 e. The van der Waals surface area contributed by atoms with Gasteiger partial charge in [-0.1, -0.05) is 0 Å². The molecule has 0 aliphatic rings. The molecule has 0 bridgehead atoms. The van der Waals surface area contributed by atoms with Gasteiger partial charge in [0.05, 0.1) is 33.0 Å². The van der Waals surface area contributed by atoms with E-state index in [2.05, 4.69) is 5.32 Å². The van der Waals surface area contributed by atoms with Crippen molar-refractivity contribution in [2.45, 2.75) is 0 Å². The third-order valence-electron chi connectivity index (χ3n) is 2.24. The molecule has 0 aliphatic heterocycles. The zero-order valence-electron chi connectivity index (χ0n) is 11.0. The van der Waals surface area contributed by atoms with Crippen LogP contribution >= 0.6 is 0 Å². The quantitative estimate of drug-likeness (QED) is 0.663. The van der Waals surface area contributed by atoms with Crippen LogP contribution in [0.2, 0.25) is 0 Å². The summed E-state index contributed by atoms with van der Waals surface area (Å²) in [6.07, 6.45) is 0. The molecular weight excluding hydrogens is 256 g/mol. The zero-order chi connectivity index (χ0) is 13.9. The van der Waals surface area contributed by atoms with Gasteiger partial charge in [0, 0.05) is 25.4 Å². The lowest BCUT2D eigenvalue weighted by Crippen LogP contribution is -2.13. The van der Waals surface area contributed by atoms with Gasteiger partial charge in [0.15, 0.2) is 0 Å². The number of anilines is 1. The monoisotopic (exact) mass is 275 g/mol. The second-order valence-electron chi connectivity index (χ2n) is 3.80. The van der Waals surface area contributed by atoms with Crippen molar-refractivity contribution in [1.29, 1.82) is 0 Å². The topological polar surface area (TPSA) is 39.7 Å². The summed E-state index contributed by atoms with van der Waals surface area (Å²) >= 11 is 0. The molecule has 19 heavy (non-hydrogen) atoms. The molecule has 0 heterocycles. The van der Waals surface area contributed by atoms with E-state index in [-0.39, 0.29) is 0 Å². The number of methoxy groups -OCH3 is 1. The van der Waals surface area contributed by atoms with E-state index in [1.165, 1.54) is 12.1 Å². The van der Waals surface area contributed by atoms with Gasteiger partial charge in [0.2, 0.25) is 0 Å². The summed E-state index contributed by atoms with van der Waals surface area (Å²) in [6.45, 7) is 2.99. The average Bonchev–Trinajstić information content (AvgIpc) is 2.36. The molecule has 0 aromatic heterocycles. The van der Waals surface area contributed by atoms with E-state index >= 15 is 0 Å². The average molecular weight is 275 g/mol. The van der Waals surface area contributed by atoms with Gasteiger partial charge in [-0.2, -0.15) is 0 Å². The Morgan fingerprint density at radius 2 is 1.47 bits per heavy atom. The van der Waals surface area contributed by atoms with E-state index in [4.69, 9.17) is 14.2 Å². The van der Waals surface area contributed by atoms with E-state index in [0.717, 1.165) is 6.07 Å². The van der Waals surface area contributed by atoms with Crippen molar-refractivity contribution in [3.8, 4) is 0 Å². The fourth-order valence-corrected chi connectivity index (χ4v) is 1.39. The van der Waals surface area contributed by atoms with Gasteiger partial charge in [-0.25, -0.2) is 8.78 Å². The molecule has 0 spiro atoms. The fraction of sp³-hybridized carbons (Fsp3) is 0.538. The van der Waals surface area contributed by atoms with E-state index < -0.39 is 11.6 Å². The van der Waals surface area contributed by atoms with Crippen LogP contribution in [0.5, 0.6) is 0 Å². The Morgan fingerprint density at radius 1 is 0.895 bits per heavy atom. The Hall–Kier alpha value is -1.24. The van der Waals surface area contributed by atoms with Crippen LogP contribution in [0.15, 0.2) is 18.2 Å². The molecule has 108 valence electrons. The third kappa shape index (κ3) is 7.71. The summed E-state index contributed by atoms with van der Waals surface area (Å²) in [5.74, 6) is -1.20. The molecule has 1 N–H and O–H groups in total. The number of rotatable bonds is 10. The molecule has 0 aliphatic carbocycles. The highest BCUT2D eigenvalue weighted by Crippen LogP contribution is 2.12. The summed E-state index contributed by atoms with van der Waals surface area (Å²) < 4.78 is 41.0. The van der Waals surface area contributed by atoms with Crippen LogP contribution in [0.3, 0.4) is 0 Å². The predicted octanol–water partition coefficient (Wildman–Crippen LogP) is 2.06. The number of hydrogen-bond acceptors (Lipinski definition) is 4. The molecule has 0 saturated heterocycles. The summed E-state index contributed by atoms with van der Waals surface area (Å²) in [6, 6.07) is 3.30. The molecule has 1 aromatic carbocycles. The van der Waals surface area contributed by atoms with Crippen molar-refractivity contribution in [1.82, 2.24) is 0 Å². The Kier molecular flexibility index (Phi) is 8.04. The number of ether oxygens (including phenoxy) is 3. The first-order chi connectivity index (χ1) is 9.22. The first kappa shape index (κ1) is 15.8. The summed E-state index contributed by atoms with van der Waals surface area (Å²) in [4.78, 5) is 0. The highest BCUT2D eigenvalue weighted by molar-refractivity contribution is 5.43. The fourth-order valence-electron chi connectivity index (χ4n) is 1.39. The standard InChI is InChI=1S/C13H19F2NO3/c1-17-4-5-19-7-6-18-3-2-16-13-9-11(14)8-12(15)10-13/h8-10,16H,2-7H2,1H3. The molecular formula is C13H19F2NO3. The SMILES string of the molecule is COCCOCCOCCNc1cc(F)cc(F)c1. The van der Waals surface area contributed by atoms with Gasteiger partial charge in [0.25, 0.3) is 0 Å². The maximum Gasteiger partial charge on any atom is 0.128 e. The minimum atomic E-state index is -0.602. The lowest BCUT2D eigenvalue weighted by atomic mass is 10.3. The van der Waals surface area contributed by atoms with Crippen LogP contribution in [0, 0.1) is 11.6 Å². The van der Waals surface area contributed by atoms with E-state index in [1.54, 1.807) is 7.11 Å². The van der Waals surface area contributed by atoms with Gasteiger partial charge < -0.3 is 19.5 Å². The summed E-state index contributed by atoms with van der Waals surface area (Å²) in [7, 11) is 1.61. The Bertz CT molecular complexity index is 343. The van der Waals surface area contributed by atoms with E-state index in [1.807, 2.05) is 0 Å². The van der Waals surface area contributed by atoms with Crippen molar-refractivity contribution in [2.75, 3.05) is 52.0 Å². The molecule has 0 unspecified atom stereocenters. The van der Waals surface area contributed by atoms with Gasteiger partial charge >= 0.3 is 0 Å². The van der Waals surface area contributed by atoms with Crippen molar-refractivity contribution < 1.29 is 23.0 Å². The lowest BCUT2D eigenvalue weighted by Gasteiger charge is -2.08.